The Morgan fingerprint density at radius 3 is 1.56 bits per heavy atom. The molecule has 0 aromatic carbocycles. The lowest BCUT2D eigenvalue weighted by atomic mass is 10.3. The van der Waals surface area contributed by atoms with Gasteiger partial charge < -0.3 is 0 Å². The van der Waals surface area contributed by atoms with E-state index >= 15 is 0 Å². The Bertz CT molecular complexity index is 77.7. The van der Waals surface area contributed by atoms with Crippen molar-refractivity contribution in [3.05, 3.63) is 0 Å². The van der Waals surface area contributed by atoms with Gasteiger partial charge in [-0.1, -0.05) is 46.4 Å². The second-order valence-electron chi connectivity index (χ2n) is 1.86. The summed E-state index contributed by atoms with van der Waals surface area (Å²) in [4.78, 5) is 0. The van der Waals surface area contributed by atoms with Crippen LogP contribution in [0.3, 0.4) is 0 Å². The molecule has 1 atom stereocenters. The van der Waals surface area contributed by atoms with Gasteiger partial charge in [0.1, 0.15) is 0 Å². The van der Waals surface area contributed by atoms with Gasteiger partial charge >= 0.3 is 0 Å². The lowest BCUT2D eigenvalue weighted by Gasteiger charge is -2.16. The molecule has 0 aliphatic rings. The SMILES string of the molecule is CC(F)(Cl)CC(Cl)(Cl)Cl. The van der Waals surface area contributed by atoms with Crippen LogP contribution in [0.1, 0.15) is 13.3 Å². The molecule has 9 heavy (non-hydrogen) atoms. The molecule has 0 nitrogen and oxygen atoms in total. The second kappa shape index (κ2) is 3.00. The molecule has 0 bridgehead atoms. The van der Waals surface area contributed by atoms with E-state index in [0.29, 0.717) is 0 Å². The van der Waals surface area contributed by atoms with Crippen LogP contribution in [0.2, 0.25) is 0 Å². The summed E-state index contributed by atoms with van der Waals surface area (Å²) in [6, 6.07) is 0. The Hall–Kier alpha value is 1.09. The minimum absolute atomic E-state index is 0.313. The van der Waals surface area contributed by atoms with Crippen LogP contribution in [0.4, 0.5) is 4.39 Å². The lowest BCUT2D eigenvalue weighted by Crippen LogP contribution is -2.18. The topological polar surface area (TPSA) is 0 Å². The molecule has 0 aliphatic heterocycles. The predicted octanol–water partition coefficient (Wildman–Crippen LogP) is 3.67. The summed E-state index contributed by atoms with van der Waals surface area (Å²) in [6.45, 7) is 1.14. The Kier molecular flexibility index (Phi) is 3.36. The maximum atomic E-state index is 12.4. The van der Waals surface area contributed by atoms with E-state index in [2.05, 4.69) is 0 Å². The maximum absolute atomic E-state index is 12.4. The maximum Gasteiger partial charge on any atom is 0.194 e. The van der Waals surface area contributed by atoms with E-state index in [1.807, 2.05) is 0 Å². The van der Waals surface area contributed by atoms with Gasteiger partial charge in [0, 0.05) is 6.42 Å². The minimum Gasteiger partial charge on any atom is -0.226 e. The highest BCUT2D eigenvalue weighted by atomic mass is 35.6. The first-order chi connectivity index (χ1) is 3.71. The third-order valence-corrected chi connectivity index (χ3v) is 1.05. The van der Waals surface area contributed by atoms with Crippen molar-refractivity contribution in [1.29, 1.82) is 0 Å². The Balaban J connectivity index is 3.75. The molecule has 0 aromatic rings. The zero-order chi connectivity index (χ0) is 7.71. The van der Waals surface area contributed by atoms with Crippen LogP contribution in [-0.4, -0.2) is 8.92 Å². The average molecular weight is 214 g/mol. The van der Waals surface area contributed by atoms with Crippen molar-refractivity contribution < 1.29 is 4.39 Å². The molecule has 1 unspecified atom stereocenters. The predicted molar refractivity (Wildman–Crippen MR) is 40.3 cm³/mol. The molecule has 0 rings (SSSR count). The van der Waals surface area contributed by atoms with Gasteiger partial charge in [0.2, 0.25) is 0 Å². The van der Waals surface area contributed by atoms with E-state index in [4.69, 9.17) is 46.4 Å². The fraction of sp³-hybridized carbons (Fsp3) is 1.00. The molecule has 0 fully saturated rings. The smallest absolute Gasteiger partial charge is 0.194 e. The zero-order valence-electron chi connectivity index (χ0n) is 4.60. The first-order valence-corrected chi connectivity index (χ1v) is 3.66. The normalized spacial score (nSPS) is 19.3. The lowest BCUT2D eigenvalue weighted by molar-refractivity contribution is 0.289. The summed E-state index contributed by atoms with van der Waals surface area (Å²) in [6.07, 6.45) is -0.313. The molecular formula is C4H5Cl4F. The zero-order valence-corrected chi connectivity index (χ0v) is 7.62. The molecule has 0 saturated heterocycles. The number of hydrogen-bond acceptors (Lipinski definition) is 0. The largest absolute Gasteiger partial charge is 0.226 e. The third-order valence-electron chi connectivity index (χ3n) is 0.511. The van der Waals surface area contributed by atoms with Crippen molar-refractivity contribution in [3.63, 3.8) is 0 Å². The Morgan fingerprint density at radius 2 is 1.56 bits per heavy atom. The quantitative estimate of drug-likeness (QED) is 0.584. The molecule has 0 aliphatic carbocycles. The summed E-state index contributed by atoms with van der Waals surface area (Å²) in [5, 5.41) is -1.94. The van der Waals surface area contributed by atoms with E-state index in [1.165, 1.54) is 0 Å². The third kappa shape index (κ3) is 9.09. The molecule has 0 radical (unpaired) electrons. The highest BCUT2D eigenvalue weighted by Crippen LogP contribution is 2.38. The number of halogens is 5. The first-order valence-electron chi connectivity index (χ1n) is 2.15. The van der Waals surface area contributed by atoms with Gasteiger partial charge in [0.15, 0.2) is 8.92 Å². The van der Waals surface area contributed by atoms with Crippen molar-refractivity contribution in [2.75, 3.05) is 0 Å². The van der Waals surface area contributed by atoms with Crippen molar-refractivity contribution in [2.45, 2.75) is 22.3 Å². The van der Waals surface area contributed by atoms with Gasteiger partial charge in [-0.2, -0.15) is 0 Å². The van der Waals surface area contributed by atoms with Gasteiger partial charge in [-0.15, -0.1) is 0 Å². The first kappa shape index (κ1) is 10.1. The van der Waals surface area contributed by atoms with Gasteiger partial charge in [0.05, 0.1) is 0 Å². The minimum atomic E-state index is -1.94. The van der Waals surface area contributed by atoms with Crippen LogP contribution >= 0.6 is 46.4 Å². The Labute approximate surface area is 73.2 Å². The molecule has 56 valence electrons. The van der Waals surface area contributed by atoms with Crippen LogP contribution in [0, 0.1) is 0 Å². The molecule has 0 amide bonds. The van der Waals surface area contributed by atoms with Gasteiger partial charge in [-0.05, 0) is 6.92 Å². The van der Waals surface area contributed by atoms with Crippen LogP contribution in [0.15, 0.2) is 0 Å². The number of rotatable bonds is 1. The van der Waals surface area contributed by atoms with Crippen LogP contribution in [-0.2, 0) is 0 Å². The van der Waals surface area contributed by atoms with Gasteiger partial charge in [-0.25, -0.2) is 4.39 Å². The van der Waals surface area contributed by atoms with Crippen LogP contribution in [0.5, 0.6) is 0 Å². The standard InChI is InChI=1S/C4H5Cl4F/c1-3(5,9)2-4(6,7)8/h2H2,1H3. The number of alkyl halides is 5. The highest BCUT2D eigenvalue weighted by Gasteiger charge is 2.32. The van der Waals surface area contributed by atoms with E-state index < -0.39 is 8.92 Å². The fourth-order valence-electron chi connectivity index (χ4n) is 0.352. The molecule has 0 N–H and O–H groups in total. The van der Waals surface area contributed by atoms with Crippen molar-refractivity contribution >= 4 is 46.4 Å². The summed E-state index contributed by atoms with van der Waals surface area (Å²) in [5.74, 6) is 0. The van der Waals surface area contributed by atoms with E-state index in [9.17, 15) is 4.39 Å². The van der Waals surface area contributed by atoms with E-state index in [1.54, 1.807) is 0 Å². The van der Waals surface area contributed by atoms with Gasteiger partial charge in [-0.3, -0.25) is 0 Å². The molecule has 0 saturated carbocycles. The number of hydrogen-bond donors (Lipinski definition) is 0. The Morgan fingerprint density at radius 1 is 1.22 bits per heavy atom. The summed E-state index contributed by atoms with van der Waals surface area (Å²) in [7, 11) is 0. The molecule has 0 aromatic heterocycles. The molecule has 0 heterocycles. The monoisotopic (exact) mass is 212 g/mol. The van der Waals surface area contributed by atoms with Gasteiger partial charge in [0.25, 0.3) is 0 Å². The molecule has 5 heteroatoms. The highest BCUT2D eigenvalue weighted by molar-refractivity contribution is 6.67. The van der Waals surface area contributed by atoms with E-state index in [-0.39, 0.29) is 6.42 Å². The fourth-order valence-corrected chi connectivity index (χ4v) is 1.51. The second-order valence-corrected chi connectivity index (χ2v) is 5.17. The summed E-state index contributed by atoms with van der Waals surface area (Å²) in [5.41, 5.74) is 0. The van der Waals surface area contributed by atoms with Crippen molar-refractivity contribution in [1.82, 2.24) is 0 Å². The molecular weight excluding hydrogens is 209 g/mol. The summed E-state index contributed by atoms with van der Waals surface area (Å²) < 4.78 is 10.8. The van der Waals surface area contributed by atoms with Crippen molar-refractivity contribution in [2.24, 2.45) is 0 Å². The molecule has 0 spiro atoms. The van der Waals surface area contributed by atoms with E-state index in [0.717, 1.165) is 6.92 Å². The van der Waals surface area contributed by atoms with Crippen molar-refractivity contribution in [3.8, 4) is 0 Å². The summed E-state index contributed by atoms with van der Waals surface area (Å²) >= 11 is 20.8. The van der Waals surface area contributed by atoms with Crippen LogP contribution in [0.25, 0.3) is 0 Å². The average Bonchev–Trinajstić information content (AvgIpc) is 1.14. The van der Waals surface area contributed by atoms with Crippen LogP contribution < -0.4 is 0 Å².